The van der Waals surface area contributed by atoms with E-state index in [9.17, 15) is 4.79 Å². The van der Waals surface area contributed by atoms with Crippen LogP contribution < -0.4 is 5.32 Å². The van der Waals surface area contributed by atoms with E-state index in [0.29, 0.717) is 34.8 Å². The molecule has 1 N–H and O–H groups in total. The highest BCUT2D eigenvalue weighted by molar-refractivity contribution is 9.10. The van der Waals surface area contributed by atoms with Crippen molar-refractivity contribution in [2.45, 2.75) is 12.0 Å². The molecule has 104 valence electrons. The Morgan fingerprint density at radius 3 is 3.00 bits per heavy atom. The van der Waals surface area contributed by atoms with Gasteiger partial charge in [0.25, 0.3) is 5.91 Å². The number of carbonyl (C=O) groups is 1. The van der Waals surface area contributed by atoms with Gasteiger partial charge in [0.2, 0.25) is 0 Å². The summed E-state index contributed by atoms with van der Waals surface area (Å²) >= 11 is 9.18. The van der Waals surface area contributed by atoms with E-state index in [2.05, 4.69) is 21.2 Å². The molecule has 0 saturated carbocycles. The lowest BCUT2D eigenvalue weighted by molar-refractivity contribution is -0.0148. The number of amides is 1. The first-order valence-electron chi connectivity index (χ1n) is 5.92. The third kappa shape index (κ3) is 3.48. The summed E-state index contributed by atoms with van der Waals surface area (Å²) < 4.78 is 11.5. The van der Waals surface area contributed by atoms with Gasteiger partial charge in [-0.05, 0) is 34.1 Å². The quantitative estimate of drug-likeness (QED) is 0.910. The average molecular weight is 349 g/mol. The lowest BCUT2D eigenvalue weighted by atomic mass is 10.0. The first kappa shape index (κ1) is 14.8. The summed E-state index contributed by atoms with van der Waals surface area (Å²) in [6, 6.07) is 5.07. The van der Waals surface area contributed by atoms with Gasteiger partial charge >= 0.3 is 0 Å². The van der Waals surface area contributed by atoms with Crippen molar-refractivity contribution in [3.8, 4) is 0 Å². The molecule has 0 spiro atoms. The van der Waals surface area contributed by atoms with Crippen LogP contribution in [0.3, 0.4) is 0 Å². The molecule has 1 fully saturated rings. The molecule has 1 aromatic rings. The van der Waals surface area contributed by atoms with Crippen molar-refractivity contribution in [3.63, 3.8) is 0 Å². The van der Waals surface area contributed by atoms with Crippen LogP contribution in [0.4, 0.5) is 0 Å². The average Bonchev–Trinajstić information content (AvgIpc) is 2.85. The highest BCUT2D eigenvalue weighted by Gasteiger charge is 2.35. The zero-order chi connectivity index (χ0) is 13.9. The Hall–Kier alpha value is -0.620. The third-order valence-electron chi connectivity index (χ3n) is 3.25. The highest BCUT2D eigenvalue weighted by atomic mass is 79.9. The van der Waals surface area contributed by atoms with Gasteiger partial charge in [-0.25, -0.2) is 0 Å². The molecule has 0 aromatic heterocycles. The van der Waals surface area contributed by atoms with Crippen LogP contribution in [-0.4, -0.2) is 38.4 Å². The molecule has 1 atom stereocenters. The maximum Gasteiger partial charge on any atom is 0.252 e. The number of methoxy groups -OCH3 is 1. The summed E-state index contributed by atoms with van der Waals surface area (Å²) in [7, 11) is 1.64. The van der Waals surface area contributed by atoms with E-state index in [4.69, 9.17) is 21.1 Å². The molecule has 1 aliphatic rings. The minimum Gasteiger partial charge on any atom is -0.378 e. The highest BCUT2D eigenvalue weighted by Crippen LogP contribution is 2.23. The normalized spacial score (nSPS) is 22.5. The zero-order valence-corrected chi connectivity index (χ0v) is 12.9. The largest absolute Gasteiger partial charge is 0.378 e. The van der Waals surface area contributed by atoms with Gasteiger partial charge in [0.15, 0.2) is 0 Å². The molecule has 1 amide bonds. The van der Waals surface area contributed by atoms with Gasteiger partial charge < -0.3 is 14.8 Å². The van der Waals surface area contributed by atoms with Crippen LogP contribution >= 0.6 is 27.5 Å². The summed E-state index contributed by atoms with van der Waals surface area (Å²) in [6.07, 6.45) is 0.783. The molecule has 4 nitrogen and oxygen atoms in total. The van der Waals surface area contributed by atoms with E-state index in [-0.39, 0.29) is 5.91 Å². The lowest BCUT2D eigenvalue weighted by Gasteiger charge is -2.25. The van der Waals surface area contributed by atoms with E-state index >= 15 is 0 Å². The fraction of sp³-hybridized carbons (Fsp3) is 0.462. The summed E-state index contributed by atoms with van der Waals surface area (Å²) in [5.74, 6) is -0.160. The van der Waals surface area contributed by atoms with Crippen molar-refractivity contribution in [3.05, 3.63) is 33.3 Å². The maximum atomic E-state index is 12.1. The van der Waals surface area contributed by atoms with Gasteiger partial charge in [-0.3, -0.25) is 4.79 Å². The molecule has 19 heavy (non-hydrogen) atoms. The topological polar surface area (TPSA) is 47.6 Å². The van der Waals surface area contributed by atoms with E-state index in [1.807, 2.05) is 0 Å². The van der Waals surface area contributed by atoms with Gasteiger partial charge in [-0.1, -0.05) is 11.6 Å². The second kappa shape index (κ2) is 6.22. The fourth-order valence-corrected chi connectivity index (χ4v) is 2.83. The van der Waals surface area contributed by atoms with E-state index in [1.165, 1.54) is 0 Å². The van der Waals surface area contributed by atoms with Gasteiger partial charge in [0.05, 0.1) is 12.2 Å². The number of benzene rings is 1. The molecule has 6 heteroatoms. The van der Waals surface area contributed by atoms with Gasteiger partial charge in [0.1, 0.15) is 5.60 Å². The third-order valence-corrected chi connectivity index (χ3v) is 4.14. The van der Waals surface area contributed by atoms with Crippen LogP contribution in [-0.2, 0) is 9.47 Å². The van der Waals surface area contributed by atoms with Crippen molar-refractivity contribution in [1.82, 2.24) is 5.32 Å². The van der Waals surface area contributed by atoms with Crippen molar-refractivity contribution < 1.29 is 14.3 Å². The number of hydrogen-bond acceptors (Lipinski definition) is 3. The number of halogens is 2. The molecule has 1 unspecified atom stereocenters. The van der Waals surface area contributed by atoms with Crippen LogP contribution in [0.1, 0.15) is 16.8 Å². The van der Waals surface area contributed by atoms with Crippen molar-refractivity contribution in [1.29, 1.82) is 0 Å². The molecule has 2 rings (SSSR count). The Labute approximate surface area is 125 Å². The minimum atomic E-state index is -0.408. The molecular weight excluding hydrogens is 334 g/mol. The minimum absolute atomic E-state index is 0.160. The Kier molecular flexibility index (Phi) is 4.84. The molecular formula is C13H15BrClNO3. The van der Waals surface area contributed by atoms with Crippen LogP contribution in [0.2, 0.25) is 5.02 Å². The van der Waals surface area contributed by atoms with Crippen molar-refractivity contribution in [2.75, 3.05) is 26.9 Å². The van der Waals surface area contributed by atoms with Crippen LogP contribution in [0.5, 0.6) is 0 Å². The van der Waals surface area contributed by atoms with Gasteiger partial charge in [-0.15, -0.1) is 0 Å². The Morgan fingerprint density at radius 2 is 2.42 bits per heavy atom. The predicted octanol–water partition coefficient (Wildman–Crippen LogP) is 2.64. The zero-order valence-electron chi connectivity index (χ0n) is 10.5. The lowest BCUT2D eigenvalue weighted by Crippen LogP contribution is -2.45. The summed E-state index contributed by atoms with van der Waals surface area (Å²) in [5.41, 5.74) is 0.142. The molecule has 1 aliphatic heterocycles. The maximum absolute atomic E-state index is 12.1. The summed E-state index contributed by atoms with van der Waals surface area (Å²) in [6.45, 7) is 1.59. The number of carbonyl (C=O) groups excluding carboxylic acids is 1. The Bertz CT molecular complexity index is 475. The predicted molar refractivity (Wildman–Crippen MR) is 76.7 cm³/mol. The standard InChI is InChI=1S/C13H15BrClNO3/c1-18-13(4-5-19-8-13)7-16-12(17)10-3-2-9(15)6-11(10)14/h2-3,6H,4-5,7-8H2,1H3,(H,16,17). The number of nitrogens with one attached hydrogen (secondary N) is 1. The second-order valence-electron chi connectivity index (χ2n) is 4.50. The van der Waals surface area contributed by atoms with E-state index in [0.717, 1.165) is 6.42 Å². The first-order chi connectivity index (χ1) is 9.06. The molecule has 0 bridgehead atoms. The molecule has 1 heterocycles. The SMILES string of the molecule is COC1(CNC(=O)c2ccc(Cl)cc2Br)CCOC1. The first-order valence-corrected chi connectivity index (χ1v) is 7.10. The monoisotopic (exact) mass is 347 g/mol. The fourth-order valence-electron chi connectivity index (χ4n) is 1.97. The molecule has 0 aliphatic carbocycles. The van der Waals surface area contributed by atoms with Crippen molar-refractivity contribution in [2.24, 2.45) is 0 Å². The van der Waals surface area contributed by atoms with Crippen molar-refractivity contribution >= 4 is 33.4 Å². The number of hydrogen-bond donors (Lipinski definition) is 1. The van der Waals surface area contributed by atoms with Crippen LogP contribution in [0.15, 0.2) is 22.7 Å². The number of ether oxygens (including phenoxy) is 2. The Morgan fingerprint density at radius 1 is 1.63 bits per heavy atom. The van der Waals surface area contributed by atoms with Gasteiger partial charge in [0, 0.05) is 36.2 Å². The smallest absolute Gasteiger partial charge is 0.252 e. The van der Waals surface area contributed by atoms with Gasteiger partial charge in [-0.2, -0.15) is 0 Å². The molecule has 1 aromatic carbocycles. The van der Waals surface area contributed by atoms with Crippen LogP contribution in [0, 0.1) is 0 Å². The summed E-state index contributed by atoms with van der Waals surface area (Å²) in [5, 5.41) is 3.46. The summed E-state index contributed by atoms with van der Waals surface area (Å²) in [4.78, 5) is 12.1. The second-order valence-corrected chi connectivity index (χ2v) is 5.79. The molecule has 1 saturated heterocycles. The van der Waals surface area contributed by atoms with E-state index in [1.54, 1.807) is 25.3 Å². The van der Waals surface area contributed by atoms with Crippen LogP contribution in [0.25, 0.3) is 0 Å². The molecule has 0 radical (unpaired) electrons. The van der Waals surface area contributed by atoms with E-state index < -0.39 is 5.60 Å². The Balaban J connectivity index is 2.01. The number of rotatable bonds is 4.